The average molecular weight is 242 g/mol. The molecule has 2 aromatic rings. The first kappa shape index (κ1) is 10.8. The van der Waals surface area contributed by atoms with Gasteiger partial charge in [0.25, 0.3) is 0 Å². The number of halogens is 3. The summed E-state index contributed by atoms with van der Waals surface area (Å²) < 4.78 is 26.5. The second kappa shape index (κ2) is 4.06. The molecule has 2 rings (SSSR count). The van der Waals surface area contributed by atoms with Crippen LogP contribution in [0.2, 0.25) is 5.02 Å². The Kier molecular flexibility index (Phi) is 2.75. The highest BCUT2D eigenvalue weighted by Crippen LogP contribution is 2.21. The fraction of sp³-hybridized carbons (Fsp3) is 0. The number of H-pyrrole nitrogens is 1. The molecule has 0 saturated carbocycles. The third-order valence-electron chi connectivity index (χ3n) is 2.10. The molecule has 2 nitrogen and oxygen atoms in total. The van der Waals surface area contributed by atoms with Crippen molar-refractivity contribution in [2.24, 2.45) is 0 Å². The summed E-state index contributed by atoms with van der Waals surface area (Å²) in [6.07, 6.45) is 1.53. The van der Waals surface area contributed by atoms with Gasteiger partial charge in [0.2, 0.25) is 5.78 Å². The van der Waals surface area contributed by atoms with Crippen LogP contribution in [0.1, 0.15) is 16.1 Å². The van der Waals surface area contributed by atoms with Crippen LogP contribution in [0.5, 0.6) is 0 Å². The minimum absolute atomic E-state index is 0.195. The highest BCUT2D eigenvalue weighted by Gasteiger charge is 2.17. The standard InChI is InChI=1S/C11H6ClF2NO/c12-7-5-8(13)6(4-9(7)14)11(16)10-2-1-3-15-10/h1-5,15H. The Labute approximate surface area is 94.9 Å². The number of aromatic amines is 1. The van der Waals surface area contributed by atoms with Crippen LogP contribution in [-0.4, -0.2) is 10.8 Å². The lowest BCUT2D eigenvalue weighted by Crippen LogP contribution is -2.05. The molecule has 0 atom stereocenters. The van der Waals surface area contributed by atoms with Crippen LogP contribution >= 0.6 is 11.6 Å². The molecule has 0 aliphatic rings. The summed E-state index contributed by atoms with van der Waals surface area (Å²) in [5.41, 5.74) is -0.148. The van der Waals surface area contributed by atoms with Crippen molar-refractivity contribution >= 4 is 17.4 Å². The molecule has 1 heterocycles. The number of carbonyl (C=O) groups is 1. The van der Waals surface area contributed by atoms with Gasteiger partial charge in [-0.3, -0.25) is 4.79 Å². The molecule has 16 heavy (non-hydrogen) atoms. The molecule has 1 N–H and O–H groups in total. The summed E-state index contributed by atoms with van der Waals surface area (Å²) in [5.74, 6) is -2.28. The maximum Gasteiger partial charge on any atom is 0.212 e. The molecule has 0 spiro atoms. The van der Waals surface area contributed by atoms with Crippen LogP contribution in [0.15, 0.2) is 30.5 Å². The number of rotatable bonds is 2. The van der Waals surface area contributed by atoms with Gasteiger partial charge in [0.1, 0.15) is 11.6 Å². The Balaban J connectivity index is 2.49. The average Bonchev–Trinajstić information content (AvgIpc) is 2.75. The Morgan fingerprint density at radius 1 is 1.25 bits per heavy atom. The van der Waals surface area contributed by atoms with Gasteiger partial charge in [0, 0.05) is 6.20 Å². The first-order valence-electron chi connectivity index (χ1n) is 4.42. The molecular weight excluding hydrogens is 236 g/mol. The molecule has 0 aliphatic carbocycles. The maximum atomic E-state index is 13.4. The van der Waals surface area contributed by atoms with E-state index < -0.39 is 17.4 Å². The van der Waals surface area contributed by atoms with E-state index in [0.717, 1.165) is 12.1 Å². The van der Waals surface area contributed by atoms with Crippen molar-refractivity contribution in [1.82, 2.24) is 4.98 Å². The van der Waals surface area contributed by atoms with Gasteiger partial charge in [-0.05, 0) is 24.3 Å². The lowest BCUT2D eigenvalue weighted by atomic mass is 10.1. The zero-order chi connectivity index (χ0) is 11.7. The molecule has 0 unspecified atom stereocenters. The summed E-state index contributed by atoms with van der Waals surface area (Å²) in [6, 6.07) is 4.65. The monoisotopic (exact) mass is 241 g/mol. The third-order valence-corrected chi connectivity index (χ3v) is 2.39. The second-order valence-corrected chi connectivity index (χ2v) is 3.57. The summed E-state index contributed by atoms with van der Waals surface area (Å²) in [4.78, 5) is 14.3. The highest BCUT2D eigenvalue weighted by atomic mass is 35.5. The fourth-order valence-corrected chi connectivity index (χ4v) is 1.46. The zero-order valence-electron chi connectivity index (χ0n) is 7.93. The van der Waals surface area contributed by atoms with Crippen LogP contribution in [0.4, 0.5) is 8.78 Å². The smallest absolute Gasteiger partial charge is 0.212 e. The van der Waals surface area contributed by atoms with Gasteiger partial charge in [-0.25, -0.2) is 8.78 Å². The van der Waals surface area contributed by atoms with E-state index in [2.05, 4.69) is 4.98 Å². The predicted molar refractivity (Wildman–Crippen MR) is 55.6 cm³/mol. The van der Waals surface area contributed by atoms with Gasteiger partial charge in [-0.2, -0.15) is 0 Å². The van der Waals surface area contributed by atoms with Crippen molar-refractivity contribution in [3.8, 4) is 0 Å². The van der Waals surface area contributed by atoms with E-state index in [1.807, 2.05) is 0 Å². The van der Waals surface area contributed by atoms with Crippen molar-refractivity contribution in [1.29, 1.82) is 0 Å². The summed E-state index contributed by atoms with van der Waals surface area (Å²) >= 11 is 5.38. The van der Waals surface area contributed by atoms with E-state index in [4.69, 9.17) is 11.6 Å². The molecule has 0 saturated heterocycles. The van der Waals surface area contributed by atoms with Crippen LogP contribution in [-0.2, 0) is 0 Å². The van der Waals surface area contributed by atoms with Crippen molar-refractivity contribution in [2.45, 2.75) is 0 Å². The van der Waals surface area contributed by atoms with E-state index >= 15 is 0 Å². The number of carbonyl (C=O) groups excluding carboxylic acids is 1. The van der Waals surface area contributed by atoms with Crippen LogP contribution < -0.4 is 0 Å². The van der Waals surface area contributed by atoms with Crippen molar-refractivity contribution < 1.29 is 13.6 Å². The Morgan fingerprint density at radius 3 is 2.62 bits per heavy atom. The normalized spacial score (nSPS) is 10.4. The number of hydrogen-bond acceptors (Lipinski definition) is 1. The second-order valence-electron chi connectivity index (χ2n) is 3.16. The molecule has 0 bridgehead atoms. The lowest BCUT2D eigenvalue weighted by molar-refractivity contribution is 0.103. The molecule has 1 aromatic carbocycles. The number of hydrogen-bond donors (Lipinski definition) is 1. The quantitative estimate of drug-likeness (QED) is 0.636. The molecule has 5 heteroatoms. The Bertz CT molecular complexity index is 537. The summed E-state index contributed by atoms with van der Waals surface area (Å²) in [5, 5.41) is -0.347. The summed E-state index contributed by atoms with van der Waals surface area (Å²) in [7, 11) is 0. The van der Waals surface area contributed by atoms with Crippen molar-refractivity contribution in [3.63, 3.8) is 0 Å². The summed E-state index contributed by atoms with van der Waals surface area (Å²) in [6.45, 7) is 0. The highest BCUT2D eigenvalue weighted by molar-refractivity contribution is 6.30. The Morgan fingerprint density at radius 2 is 2.00 bits per heavy atom. The number of ketones is 1. The first-order chi connectivity index (χ1) is 7.59. The van der Waals surface area contributed by atoms with Gasteiger partial charge < -0.3 is 4.98 Å². The molecule has 82 valence electrons. The minimum Gasteiger partial charge on any atom is -0.359 e. The van der Waals surface area contributed by atoms with E-state index in [1.165, 1.54) is 12.3 Å². The number of benzene rings is 1. The zero-order valence-corrected chi connectivity index (χ0v) is 8.68. The van der Waals surface area contributed by atoms with E-state index in [9.17, 15) is 13.6 Å². The largest absolute Gasteiger partial charge is 0.359 e. The van der Waals surface area contributed by atoms with Gasteiger partial charge in [-0.1, -0.05) is 11.6 Å². The molecule has 0 amide bonds. The van der Waals surface area contributed by atoms with E-state index in [-0.39, 0.29) is 16.3 Å². The third kappa shape index (κ3) is 1.84. The maximum absolute atomic E-state index is 13.4. The number of nitrogens with one attached hydrogen (secondary N) is 1. The molecule has 0 aliphatic heterocycles. The molecular formula is C11H6ClF2NO. The lowest BCUT2D eigenvalue weighted by Gasteiger charge is -2.02. The van der Waals surface area contributed by atoms with Gasteiger partial charge in [-0.15, -0.1) is 0 Å². The topological polar surface area (TPSA) is 32.9 Å². The van der Waals surface area contributed by atoms with Crippen LogP contribution in [0.25, 0.3) is 0 Å². The fourth-order valence-electron chi connectivity index (χ4n) is 1.31. The molecule has 0 radical (unpaired) electrons. The van der Waals surface area contributed by atoms with Crippen LogP contribution in [0, 0.1) is 11.6 Å². The number of aromatic nitrogens is 1. The van der Waals surface area contributed by atoms with Crippen molar-refractivity contribution in [2.75, 3.05) is 0 Å². The minimum atomic E-state index is -0.842. The van der Waals surface area contributed by atoms with Gasteiger partial charge in [0.15, 0.2) is 0 Å². The SMILES string of the molecule is O=C(c1ccc[nH]1)c1cc(F)c(Cl)cc1F. The van der Waals surface area contributed by atoms with Gasteiger partial charge >= 0.3 is 0 Å². The molecule has 1 aromatic heterocycles. The predicted octanol–water partition coefficient (Wildman–Crippen LogP) is 3.18. The van der Waals surface area contributed by atoms with Crippen molar-refractivity contribution in [3.05, 3.63) is 58.4 Å². The van der Waals surface area contributed by atoms with Crippen LogP contribution in [0.3, 0.4) is 0 Å². The van der Waals surface area contributed by atoms with Gasteiger partial charge in [0.05, 0.1) is 16.3 Å². The van der Waals surface area contributed by atoms with E-state index in [0.29, 0.717) is 0 Å². The van der Waals surface area contributed by atoms with E-state index in [1.54, 1.807) is 6.07 Å². The Hall–Kier alpha value is -1.68. The first-order valence-corrected chi connectivity index (χ1v) is 4.80. The molecule has 0 fully saturated rings.